The van der Waals surface area contributed by atoms with Gasteiger partial charge < -0.3 is 139 Å². The van der Waals surface area contributed by atoms with Crippen LogP contribution in [-0.2, 0) is 57.0 Å². The molecule has 10 aliphatic rings. The first-order chi connectivity index (χ1) is 41.3. The molecule has 29 heteroatoms. The molecule has 0 spiro atoms. The lowest BCUT2D eigenvalue weighted by Crippen LogP contribution is -2.70. The van der Waals surface area contributed by atoms with Crippen molar-refractivity contribution in [1.82, 2.24) is 0 Å². The lowest BCUT2D eigenvalue weighted by Gasteiger charge is -2.71. The molecule has 0 amide bonds. The summed E-state index contributed by atoms with van der Waals surface area (Å²) >= 11 is 0. The highest BCUT2D eigenvalue weighted by atomic mass is 16.8. The Hall–Kier alpha value is -2.16. The van der Waals surface area contributed by atoms with Gasteiger partial charge in [-0.1, -0.05) is 53.2 Å². The van der Waals surface area contributed by atoms with Crippen molar-refractivity contribution < 1.29 is 144 Å². The Morgan fingerprint density at radius 2 is 1.02 bits per heavy atom. The van der Waals surface area contributed by atoms with Crippen LogP contribution in [0.5, 0.6) is 0 Å². The average Bonchev–Trinajstić information content (AvgIpc) is 0.677. The Labute approximate surface area is 508 Å². The smallest absolute Gasteiger partial charge is 0.315 e. The number of fused-ring (bicyclic) bond motifs is 7. The second kappa shape index (κ2) is 25.5. The number of ether oxygens (including phenoxy) is 10. The molecule has 5 aliphatic heterocycles. The number of aliphatic hydroxyl groups is 17. The molecule has 9 fully saturated rings. The Morgan fingerprint density at radius 1 is 0.523 bits per heavy atom. The maximum absolute atomic E-state index is 15.5. The van der Waals surface area contributed by atoms with E-state index in [2.05, 4.69) is 40.7 Å². The predicted octanol–water partition coefficient (Wildman–Crippen LogP) is -5.42. The summed E-state index contributed by atoms with van der Waals surface area (Å²) in [5, 5.41) is 184. The molecule has 10 rings (SSSR count). The van der Waals surface area contributed by atoms with Gasteiger partial charge in [-0.25, -0.2) is 0 Å². The van der Waals surface area contributed by atoms with Crippen molar-refractivity contribution >= 4 is 12.3 Å². The molecule has 0 radical (unpaired) electrons. The highest BCUT2D eigenvalue weighted by molar-refractivity contribution is 5.79. The maximum Gasteiger partial charge on any atom is 0.315 e. The van der Waals surface area contributed by atoms with Crippen molar-refractivity contribution in [3.8, 4) is 0 Å². The van der Waals surface area contributed by atoms with E-state index >= 15 is 4.79 Å². The molecule has 0 unspecified atom stereocenters. The van der Waals surface area contributed by atoms with Crippen LogP contribution in [0.2, 0.25) is 0 Å². The average molecular weight is 1270 g/mol. The van der Waals surface area contributed by atoms with Crippen LogP contribution in [0.3, 0.4) is 0 Å². The quantitative estimate of drug-likeness (QED) is 0.0315. The normalized spacial score (nSPS) is 54.6. The number of allylic oxidation sites excluding steroid dienone is 2. The van der Waals surface area contributed by atoms with Gasteiger partial charge >= 0.3 is 5.97 Å². The summed E-state index contributed by atoms with van der Waals surface area (Å²) in [6.07, 6.45) is -38.2. The molecule has 0 bridgehead atoms. The van der Waals surface area contributed by atoms with Crippen LogP contribution in [0, 0.1) is 50.2 Å². The number of hydrogen-bond donors (Lipinski definition) is 17. The van der Waals surface area contributed by atoms with Crippen molar-refractivity contribution in [2.45, 2.75) is 259 Å². The molecule has 504 valence electrons. The molecule has 88 heavy (non-hydrogen) atoms. The van der Waals surface area contributed by atoms with Crippen LogP contribution < -0.4 is 0 Å². The Kier molecular flexibility index (Phi) is 19.9. The van der Waals surface area contributed by atoms with E-state index in [0.717, 1.165) is 11.9 Å². The van der Waals surface area contributed by atoms with Gasteiger partial charge in [0, 0.05) is 0 Å². The summed E-state index contributed by atoms with van der Waals surface area (Å²) < 4.78 is 59.3. The van der Waals surface area contributed by atoms with Gasteiger partial charge in [-0.05, 0) is 97.2 Å². The van der Waals surface area contributed by atoms with Crippen LogP contribution in [0.25, 0.3) is 0 Å². The zero-order chi connectivity index (χ0) is 64.3. The number of esters is 1. The lowest BCUT2D eigenvalue weighted by molar-refractivity contribution is -0.381. The molecule has 5 saturated heterocycles. The summed E-state index contributed by atoms with van der Waals surface area (Å²) in [6.45, 7) is 8.64. The van der Waals surface area contributed by atoms with Gasteiger partial charge in [0.25, 0.3) is 0 Å². The zero-order valence-electron chi connectivity index (χ0n) is 50.3. The first-order valence-corrected chi connectivity index (χ1v) is 30.9. The van der Waals surface area contributed by atoms with Crippen LogP contribution >= 0.6 is 0 Å². The van der Waals surface area contributed by atoms with E-state index in [1.54, 1.807) is 6.92 Å². The van der Waals surface area contributed by atoms with Crippen LogP contribution in [0.15, 0.2) is 11.6 Å². The van der Waals surface area contributed by atoms with Gasteiger partial charge in [0.15, 0.2) is 31.3 Å². The maximum atomic E-state index is 15.5. The Morgan fingerprint density at radius 3 is 1.61 bits per heavy atom. The second-order valence-corrected chi connectivity index (χ2v) is 28.5. The highest BCUT2D eigenvalue weighted by Crippen LogP contribution is 2.76. The van der Waals surface area contributed by atoms with Gasteiger partial charge in [-0.2, -0.15) is 0 Å². The fourth-order valence-electron chi connectivity index (χ4n) is 17.7. The molecule has 29 nitrogen and oxygen atoms in total. The van der Waals surface area contributed by atoms with E-state index in [9.17, 15) is 91.6 Å². The number of rotatable bonds is 15. The zero-order valence-corrected chi connectivity index (χ0v) is 50.3. The van der Waals surface area contributed by atoms with E-state index in [-0.39, 0.29) is 17.8 Å². The minimum Gasteiger partial charge on any atom is -0.432 e. The van der Waals surface area contributed by atoms with Crippen molar-refractivity contribution in [3.63, 3.8) is 0 Å². The number of carbonyl (C=O) groups excluding carboxylic acids is 2. The molecule has 34 atom stereocenters. The van der Waals surface area contributed by atoms with E-state index in [1.165, 1.54) is 0 Å². The molecular formula is C59H94O29. The molecular weight excluding hydrogens is 1170 g/mol. The molecule has 0 aromatic carbocycles. The fourth-order valence-corrected chi connectivity index (χ4v) is 17.7. The fraction of sp³-hybridized carbons (Fsp3) is 0.932. The summed E-state index contributed by atoms with van der Waals surface area (Å²) in [6, 6.07) is 0. The van der Waals surface area contributed by atoms with Gasteiger partial charge in [0.05, 0.1) is 56.1 Å². The van der Waals surface area contributed by atoms with Gasteiger partial charge in [-0.15, -0.1) is 0 Å². The summed E-state index contributed by atoms with van der Waals surface area (Å²) in [4.78, 5) is 29.4. The topological polar surface area (TPSA) is 470 Å². The first kappa shape index (κ1) is 68.7. The summed E-state index contributed by atoms with van der Waals surface area (Å²) in [7, 11) is 0. The number of aldehydes is 1. The third kappa shape index (κ3) is 11.3. The summed E-state index contributed by atoms with van der Waals surface area (Å²) in [5.41, 5.74) is -3.83. The third-order valence-corrected chi connectivity index (χ3v) is 23.1. The largest absolute Gasteiger partial charge is 0.432 e. The standard InChI is InChI=1S/C59H94O29/c1-54(2)11-13-59(53(78)88-52-46(39(73)36(70)29(19-62)82-52)86-50-43(77)40(74)44(30(20-63)83-50)84-48-41(75)33(67)26(66)21-79-48)14-12-57(5)23(24(59)15-54)7-8-32-55(3)16-25(65)47(56(4,22-64)31(55)9-10-58(32,57)6)87-51-45(38(72)35(69)28(18-61)81-51)85-49-42(76)37(71)34(68)27(17-60)80-49/h7,22,24-52,60-63,65-77H,8-21H2,1-6H3/t24-,25-,26+,27+,28+,29+,30+,31+,32+,33-,34+,35+,36+,37-,38-,39-,40+,41+,42+,43+,44+,45+,46+,47-,48-,49-,50-,51-,52-,55-,56-,57+,58+,59-/m0/s1. The van der Waals surface area contributed by atoms with Crippen molar-refractivity contribution in [2.24, 2.45) is 50.2 Å². The highest BCUT2D eigenvalue weighted by Gasteiger charge is 2.72. The van der Waals surface area contributed by atoms with Crippen molar-refractivity contribution in [3.05, 3.63) is 11.6 Å². The minimum absolute atomic E-state index is 0.102. The number of carbonyl (C=O) groups is 2. The monoisotopic (exact) mass is 1270 g/mol. The molecule has 5 heterocycles. The van der Waals surface area contributed by atoms with Gasteiger partial charge in [0.1, 0.15) is 116 Å². The molecule has 5 aliphatic carbocycles. The first-order valence-electron chi connectivity index (χ1n) is 30.9. The van der Waals surface area contributed by atoms with Gasteiger partial charge in [-0.3, -0.25) is 4.79 Å². The predicted molar refractivity (Wildman–Crippen MR) is 291 cm³/mol. The van der Waals surface area contributed by atoms with Crippen molar-refractivity contribution in [2.75, 3.05) is 33.0 Å². The summed E-state index contributed by atoms with van der Waals surface area (Å²) in [5.74, 6) is -1.80. The van der Waals surface area contributed by atoms with Crippen molar-refractivity contribution in [1.29, 1.82) is 0 Å². The molecule has 17 N–H and O–H groups in total. The SMILES string of the molecule is CC1(C)CC[C@]2(C(=O)O[C@@H]3O[C@H](CO)[C@@H](O)[C@H](O)[C@H]3O[C@@H]3O[C@H](CO)[C@@H](O[C@@H]4OC[C@@H](O)[C@H](O)[C@H]4O)[C@H](O)[C@H]3O)CC[C@]3(C)C(=CC[C@@H]4[C@@]5(C)C[C@H](O)[C@H](O[C@@H]6O[C@H](CO)[C@@H](O)[C@H](O)[C@H]6O[C@@H]6O[C@H](CO)[C@@H](O)[C@H](O)[C@H]6O)[C@@](C)(C=O)[C@@H]5CC[C@]43C)[C@@H]2C1. The molecule has 4 saturated carbocycles. The van der Waals surface area contributed by atoms with Crippen LogP contribution in [0.4, 0.5) is 0 Å². The van der Waals surface area contributed by atoms with E-state index in [0.29, 0.717) is 51.4 Å². The third-order valence-electron chi connectivity index (χ3n) is 23.1. The van der Waals surface area contributed by atoms with Crippen LogP contribution in [0.1, 0.15) is 99.3 Å². The number of aliphatic hydroxyl groups excluding tert-OH is 17. The Balaban J connectivity index is 0.898. The molecule has 0 aromatic heterocycles. The van der Waals surface area contributed by atoms with E-state index in [1.807, 2.05) is 0 Å². The van der Waals surface area contributed by atoms with E-state index < -0.39 is 238 Å². The minimum atomic E-state index is -2.05. The second-order valence-electron chi connectivity index (χ2n) is 28.5. The van der Waals surface area contributed by atoms with Crippen LogP contribution in [-0.4, -0.2) is 292 Å². The Bertz CT molecular complexity index is 2470. The number of hydrogen-bond acceptors (Lipinski definition) is 29. The van der Waals surface area contributed by atoms with E-state index in [4.69, 9.17) is 47.4 Å². The lowest BCUT2D eigenvalue weighted by atomic mass is 9.33. The molecule has 0 aromatic rings. The van der Waals surface area contributed by atoms with Gasteiger partial charge in [0.2, 0.25) is 6.29 Å².